The molecule has 0 amide bonds. The average molecular weight is 188 g/mol. The molecule has 0 aromatic carbocycles. The maximum Gasteiger partial charge on any atom is 0.116 e. The molecular formula is C10H21FN2. The second-order valence-corrected chi connectivity index (χ2v) is 4.24. The largest absolute Gasteiger partial charge is 0.328 e. The van der Waals surface area contributed by atoms with Gasteiger partial charge in [0, 0.05) is 25.0 Å². The fourth-order valence-electron chi connectivity index (χ4n) is 2.00. The van der Waals surface area contributed by atoms with E-state index in [1.165, 1.54) is 0 Å². The topological polar surface area (TPSA) is 29.3 Å². The third-order valence-corrected chi connectivity index (χ3v) is 2.96. The van der Waals surface area contributed by atoms with Gasteiger partial charge in [0.1, 0.15) is 6.17 Å². The van der Waals surface area contributed by atoms with Crippen LogP contribution in [0, 0.1) is 5.92 Å². The van der Waals surface area contributed by atoms with Gasteiger partial charge in [0.2, 0.25) is 0 Å². The van der Waals surface area contributed by atoms with Crippen molar-refractivity contribution in [3.8, 4) is 0 Å². The van der Waals surface area contributed by atoms with Crippen LogP contribution < -0.4 is 5.73 Å². The molecule has 0 aliphatic carbocycles. The number of nitrogens with zero attached hydrogens (tertiary/aromatic N) is 1. The summed E-state index contributed by atoms with van der Waals surface area (Å²) in [7, 11) is 0. The van der Waals surface area contributed by atoms with Crippen molar-refractivity contribution < 1.29 is 4.39 Å². The predicted molar refractivity (Wildman–Crippen MR) is 53.4 cm³/mol. The van der Waals surface area contributed by atoms with Gasteiger partial charge >= 0.3 is 0 Å². The Hall–Kier alpha value is -0.150. The Morgan fingerprint density at radius 3 is 2.77 bits per heavy atom. The van der Waals surface area contributed by atoms with E-state index in [0.29, 0.717) is 6.04 Å². The molecule has 3 heteroatoms. The van der Waals surface area contributed by atoms with Crippen LogP contribution in [0.15, 0.2) is 0 Å². The molecular weight excluding hydrogens is 167 g/mol. The van der Waals surface area contributed by atoms with Gasteiger partial charge < -0.3 is 10.6 Å². The van der Waals surface area contributed by atoms with Crippen molar-refractivity contribution >= 4 is 0 Å². The van der Waals surface area contributed by atoms with E-state index in [4.69, 9.17) is 5.73 Å². The number of halogens is 1. The summed E-state index contributed by atoms with van der Waals surface area (Å²) in [5, 5.41) is 0. The average Bonchev–Trinajstić information content (AvgIpc) is 2.17. The zero-order valence-corrected chi connectivity index (χ0v) is 8.67. The molecule has 0 bridgehead atoms. The fourth-order valence-corrected chi connectivity index (χ4v) is 2.00. The molecule has 1 rings (SSSR count). The molecule has 0 aromatic heterocycles. The van der Waals surface area contributed by atoms with E-state index in [-0.39, 0.29) is 12.5 Å². The number of nitrogens with two attached hydrogens (primary N) is 1. The second-order valence-electron chi connectivity index (χ2n) is 4.24. The van der Waals surface area contributed by atoms with Crippen molar-refractivity contribution in [3.05, 3.63) is 0 Å². The zero-order chi connectivity index (χ0) is 9.84. The van der Waals surface area contributed by atoms with Crippen LogP contribution in [0.5, 0.6) is 0 Å². The number of hydrogen-bond donors (Lipinski definition) is 1. The van der Waals surface area contributed by atoms with Crippen LogP contribution >= 0.6 is 0 Å². The van der Waals surface area contributed by atoms with E-state index in [9.17, 15) is 4.39 Å². The van der Waals surface area contributed by atoms with Gasteiger partial charge in [0.25, 0.3) is 0 Å². The van der Waals surface area contributed by atoms with E-state index < -0.39 is 6.17 Å². The molecule has 0 saturated carbocycles. The lowest BCUT2D eigenvalue weighted by Crippen LogP contribution is -2.44. The Bertz CT molecular complexity index is 150. The first-order chi connectivity index (χ1) is 6.15. The molecule has 1 fully saturated rings. The van der Waals surface area contributed by atoms with Gasteiger partial charge in [-0.2, -0.15) is 0 Å². The van der Waals surface area contributed by atoms with Crippen LogP contribution in [0.4, 0.5) is 4.39 Å². The minimum Gasteiger partial charge on any atom is -0.328 e. The highest BCUT2D eigenvalue weighted by Crippen LogP contribution is 2.22. The summed E-state index contributed by atoms with van der Waals surface area (Å²) in [4.78, 5) is 2.34. The number of piperidine rings is 1. The molecule has 0 aromatic rings. The van der Waals surface area contributed by atoms with Crippen molar-refractivity contribution in [2.45, 2.75) is 38.9 Å². The number of rotatable bonds is 3. The van der Waals surface area contributed by atoms with Crippen molar-refractivity contribution in [2.24, 2.45) is 11.7 Å². The Labute approximate surface area is 80.3 Å². The molecule has 2 N–H and O–H groups in total. The van der Waals surface area contributed by atoms with Crippen LogP contribution in [-0.4, -0.2) is 36.7 Å². The SMILES string of the molecule is CC(C)N1CCCC(C(F)CN)C1. The summed E-state index contributed by atoms with van der Waals surface area (Å²) >= 11 is 0. The molecule has 2 unspecified atom stereocenters. The van der Waals surface area contributed by atoms with Gasteiger partial charge in [-0.05, 0) is 33.2 Å². The number of hydrogen-bond acceptors (Lipinski definition) is 2. The summed E-state index contributed by atoms with van der Waals surface area (Å²) < 4.78 is 13.3. The van der Waals surface area contributed by atoms with Crippen molar-refractivity contribution in [2.75, 3.05) is 19.6 Å². The van der Waals surface area contributed by atoms with Gasteiger partial charge in [-0.25, -0.2) is 4.39 Å². The van der Waals surface area contributed by atoms with Gasteiger partial charge in [-0.15, -0.1) is 0 Å². The lowest BCUT2D eigenvalue weighted by molar-refractivity contribution is 0.0911. The van der Waals surface area contributed by atoms with Gasteiger partial charge in [-0.3, -0.25) is 0 Å². The second kappa shape index (κ2) is 4.91. The van der Waals surface area contributed by atoms with Crippen LogP contribution in [0.2, 0.25) is 0 Å². The summed E-state index contributed by atoms with van der Waals surface area (Å²) in [6.07, 6.45) is 1.31. The first-order valence-electron chi connectivity index (χ1n) is 5.23. The van der Waals surface area contributed by atoms with Crippen LogP contribution in [-0.2, 0) is 0 Å². The highest BCUT2D eigenvalue weighted by atomic mass is 19.1. The van der Waals surface area contributed by atoms with Crippen molar-refractivity contribution in [3.63, 3.8) is 0 Å². The van der Waals surface area contributed by atoms with Gasteiger partial charge in [0.05, 0.1) is 0 Å². The molecule has 1 saturated heterocycles. The summed E-state index contributed by atoms with van der Waals surface area (Å²) in [5.41, 5.74) is 5.33. The zero-order valence-electron chi connectivity index (χ0n) is 8.67. The monoisotopic (exact) mass is 188 g/mol. The quantitative estimate of drug-likeness (QED) is 0.725. The maximum absolute atomic E-state index is 13.3. The van der Waals surface area contributed by atoms with Crippen LogP contribution in [0.25, 0.3) is 0 Å². The van der Waals surface area contributed by atoms with Gasteiger partial charge in [-0.1, -0.05) is 0 Å². The van der Waals surface area contributed by atoms with Gasteiger partial charge in [0.15, 0.2) is 0 Å². The van der Waals surface area contributed by atoms with E-state index in [0.717, 1.165) is 25.9 Å². The Morgan fingerprint density at radius 2 is 2.23 bits per heavy atom. The summed E-state index contributed by atoms with van der Waals surface area (Å²) in [6, 6.07) is 0.535. The molecule has 1 aliphatic rings. The molecule has 1 heterocycles. The maximum atomic E-state index is 13.3. The smallest absolute Gasteiger partial charge is 0.116 e. The van der Waals surface area contributed by atoms with Crippen molar-refractivity contribution in [1.82, 2.24) is 4.90 Å². The minimum absolute atomic E-state index is 0.168. The molecule has 2 atom stereocenters. The lowest BCUT2D eigenvalue weighted by Gasteiger charge is -2.36. The third-order valence-electron chi connectivity index (χ3n) is 2.96. The van der Waals surface area contributed by atoms with Crippen LogP contribution in [0.1, 0.15) is 26.7 Å². The number of likely N-dealkylation sites (tertiary alicyclic amines) is 1. The summed E-state index contributed by atoms with van der Waals surface area (Å²) in [5.74, 6) is 0.168. The highest BCUT2D eigenvalue weighted by Gasteiger charge is 2.27. The first-order valence-corrected chi connectivity index (χ1v) is 5.23. The summed E-state index contributed by atoms with van der Waals surface area (Å²) in [6.45, 7) is 6.51. The molecule has 13 heavy (non-hydrogen) atoms. The standard InChI is InChI=1S/C10H21FN2/c1-8(2)13-5-3-4-9(7-13)10(11)6-12/h8-10H,3-7,12H2,1-2H3. The van der Waals surface area contributed by atoms with E-state index in [1.54, 1.807) is 0 Å². The fraction of sp³-hybridized carbons (Fsp3) is 1.00. The van der Waals surface area contributed by atoms with E-state index in [1.807, 2.05) is 0 Å². The normalized spacial score (nSPS) is 27.9. The van der Waals surface area contributed by atoms with Crippen molar-refractivity contribution in [1.29, 1.82) is 0 Å². The van der Waals surface area contributed by atoms with E-state index in [2.05, 4.69) is 18.7 Å². The molecule has 1 aliphatic heterocycles. The minimum atomic E-state index is -0.804. The highest BCUT2D eigenvalue weighted by molar-refractivity contribution is 4.80. The first kappa shape index (κ1) is 10.9. The molecule has 0 spiro atoms. The lowest BCUT2D eigenvalue weighted by atomic mass is 9.92. The Morgan fingerprint density at radius 1 is 1.54 bits per heavy atom. The third kappa shape index (κ3) is 2.92. The predicted octanol–water partition coefficient (Wildman–Crippen LogP) is 1.40. The Kier molecular flexibility index (Phi) is 4.13. The Balaban J connectivity index is 2.41. The van der Waals surface area contributed by atoms with Crippen LogP contribution in [0.3, 0.4) is 0 Å². The molecule has 0 radical (unpaired) electrons. The molecule has 78 valence electrons. The van der Waals surface area contributed by atoms with E-state index >= 15 is 0 Å². The number of alkyl halides is 1. The molecule has 2 nitrogen and oxygen atoms in total.